The highest BCUT2D eigenvalue weighted by molar-refractivity contribution is 6.14. The fourth-order valence-electron chi connectivity index (χ4n) is 5.71. The Morgan fingerprint density at radius 3 is 2.19 bits per heavy atom. The van der Waals surface area contributed by atoms with Crippen LogP contribution in [0.15, 0.2) is 115 Å². The first-order valence-corrected chi connectivity index (χ1v) is 12.4. The number of aryl methyl sites for hydroxylation is 1. The zero-order valence-corrected chi connectivity index (χ0v) is 20.3. The zero-order valence-electron chi connectivity index (χ0n) is 20.3. The number of anilines is 1. The molecule has 1 N–H and O–H groups in total. The third-order valence-corrected chi connectivity index (χ3v) is 7.35. The van der Waals surface area contributed by atoms with Crippen molar-refractivity contribution in [1.29, 1.82) is 0 Å². The predicted molar refractivity (Wildman–Crippen MR) is 149 cm³/mol. The number of hydrogen-bond donors (Lipinski definition) is 1. The van der Waals surface area contributed by atoms with Crippen molar-refractivity contribution in [3.8, 4) is 16.8 Å². The van der Waals surface area contributed by atoms with Crippen LogP contribution in [-0.2, 0) is 0 Å². The highest BCUT2D eigenvalue weighted by Gasteiger charge is 2.40. The number of fused-ring (bicyclic) bond motifs is 4. The minimum absolute atomic E-state index is 0.204. The minimum Gasteiger partial charge on any atom is -0.369 e. The van der Waals surface area contributed by atoms with E-state index in [0.717, 1.165) is 38.6 Å². The summed E-state index contributed by atoms with van der Waals surface area (Å²) >= 11 is 0. The average molecular weight is 481 g/mol. The second-order valence-electron chi connectivity index (χ2n) is 9.54. The van der Waals surface area contributed by atoms with Gasteiger partial charge in [0.05, 0.1) is 22.4 Å². The van der Waals surface area contributed by atoms with E-state index < -0.39 is 6.23 Å². The summed E-state index contributed by atoms with van der Waals surface area (Å²) < 4.78 is 2.17. The second-order valence-corrected chi connectivity index (χ2v) is 9.54. The van der Waals surface area contributed by atoms with Crippen molar-refractivity contribution in [2.75, 3.05) is 4.90 Å². The molecule has 2 heterocycles. The van der Waals surface area contributed by atoms with Crippen molar-refractivity contribution < 1.29 is 9.90 Å². The van der Waals surface area contributed by atoms with Gasteiger partial charge in [-0.2, -0.15) is 0 Å². The molecule has 5 aromatic carbocycles. The maximum Gasteiger partial charge on any atom is 0.261 e. The first kappa shape index (κ1) is 21.6. The Kier molecular flexibility index (Phi) is 4.78. The van der Waals surface area contributed by atoms with Gasteiger partial charge in [0.1, 0.15) is 0 Å². The summed E-state index contributed by atoms with van der Waals surface area (Å²) in [5, 5.41) is 14.1. The summed E-state index contributed by atoms with van der Waals surface area (Å²) in [4.78, 5) is 15.4. The van der Waals surface area contributed by atoms with Gasteiger partial charge in [-0.05, 0) is 48.9 Å². The number of para-hydroxylation sites is 2. The molecule has 178 valence electrons. The SMILES string of the molecule is Cc1ccc2c(c1)c1ccccc1n2-c1cccc2c1C(O)N(c1ccccc1-c1ccccc1)C2=O. The van der Waals surface area contributed by atoms with Crippen LogP contribution in [0.1, 0.15) is 27.7 Å². The van der Waals surface area contributed by atoms with E-state index in [0.29, 0.717) is 16.8 Å². The third-order valence-electron chi connectivity index (χ3n) is 7.35. The van der Waals surface area contributed by atoms with Crippen molar-refractivity contribution in [3.05, 3.63) is 132 Å². The molecule has 1 amide bonds. The summed E-state index contributed by atoms with van der Waals surface area (Å²) in [6, 6.07) is 38.1. The van der Waals surface area contributed by atoms with Crippen LogP contribution in [0.4, 0.5) is 5.69 Å². The number of carbonyl (C=O) groups is 1. The van der Waals surface area contributed by atoms with Gasteiger partial charge >= 0.3 is 0 Å². The lowest BCUT2D eigenvalue weighted by molar-refractivity contribution is 0.0935. The van der Waals surface area contributed by atoms with Gasteiger partial charge in [-0.3, -0.25) is 9.69 Å². The summed E-state index contributed by atoms with van der Waals surface area (Å²) in [7, 11) is 0. The molecule has 1 aliphatic rings. The summed E-state index contributed by atoms with van der Waals surface area (Å²) in [6.07, 6.45) is -1.12. The first-order chi connectivity index (χ1) is 18.1. The van der Waals surface area contributed by atoms with Gasteiger partial charge in [-0.25, -0.2) is 0 Å². The maximum absolute atomic E-state index is 13.8. The van der Waals surface area contributed by atoms with Crippen LogP contribution >= 0.6 is 0 Å². The molecule has 4 nitrogen and oxygen atoms in total. The van der Waals surface area contributed by atoms with Crippen LogP contribution in [0.2, 0.25) is 0 Å². The Balaban J connectivity index is 1.46. The topological polar surface area (TPSA) is 45.5 Å². The quantitative estimate of drug-likeness (QED) is 0.287. The number of aliphatic hydroxyl groups excluding tert-OH is 1. The smallest absolute Gasteiger partial charge is 0.261 e. The molecule has 1 aliphatic heterocycles. The summed E-state index contributed by atoms with van der Waals surface area (Å²) in [5.41, 5.74) is 7.81. The number of aromatic nitrogens is 1. The minimum atomic E-state index is -1.12. The van der Waals surface area contributed by atoms with E-state index >= 15 is 0 Å². The molecule has 0 spiro atoms. The van der Waals surface area contributed by atoms with Gasteiger partial charge in [-0.15, -0.1) is 0 Å². The fourth-order valence-corrected chi connectivity index (χ4v) is 5.71. The Labute approximate surface area is 214 Å². The van der Waals surface area contributed by atoms with Gasteiger partial charge in [0.15, 0.2) is 6.23 Å². The lowest BCUT2D eigenvalue weighted by atomic mass is 10.0. The molecule has 1 unspecified atom stereocenters. The van der Waals surface area contributed by atoms with Crippen molar-refractivity contribution >= 4 is 33.4 Å². The second kappa shape index (κ2) is 8.19. The van der Waals surface area contributed by atoms with Crippen molar-refractivity contribution in [2.24, 2.45) is 0 Å². The monoisotopic (exact) mass is 480 g/mol. The highest BCUT2D eigenvalue weighted by Crippen LogP contribution is 2.44. The fraction of sp³-hybridized carbons (Fsp3) is 0.0606. The van der Waals surface area contributed by atoms with Crippen molar-refractivity contribution in [1.82, 2.24) is 4.57 Å². The number of benzene rings is 5. The number of amides is 1. The summed E-state index contributed by atoms with van der Waals surface area (Å²) in [5.74, 6) is -0.204. The molecule has 0 radical (unpaired) electrons. The molecule has 0 aliphatic carbocycles. The van der Waals surface area contributed by atoms with Crippen molar-refractivity contribution in [2.45, 2.75) is 13.2 Å². The predicted octanol–water partition coefficient (Wildman–Crippen LogP) is 7.41. The van der Waals surface area contributed by atoms with Crippen LogP contribution in [0, 0.1) is 6.92 Å². The van der Waals surface area contributed by atoms with Gasteiger partial charge < -0.3 is 9.67 Å². The Morgan fingerprint density at radius 1 is 0.649 bits per heavy atom. The number of rotatable bonds is 3. The molecule has 7 rings (SSSR count). The molecule has 4 heteroatoms. The largest absolute Gasteiger partial charge is 0.369 e. The molecule has 0 bridgehead atoms. The lowest BCUT2D eigenvalue weighted by Gasteiger charge is -2.25. The van der Waals surface area contributed by atoms with E-state index in [9.17, 15) is 9.90 Å². The zero-order chi connectivity index (χ0) is 25.1. The van der Waals surface area contributed by atoms with E-state index in [2.05, 4.69) is 41.8 Å². The number of carbonyl (C=O) groups excluding carboxylic acids is 1. The van der Waals surface area contributed by atoms with Crippen LogP contribution < -0.4 is 4.90 Å². The number of hydrogen-bond acceptors (Lipinski definition) is 2. The van der Waals surface area contributed by atoms with Gasteiger partial charge in [0.2, 0.25) is 0 Å². The van der Waals surface area contributed by atoms with Crippen LogP contribution in [0.5, 0.6) is 0 Å². The number of aliphatic hydroxyl groups is 1. The van der Waals surface area contributed by atoms with Gasteiger partial charge in [-0.1, -0.05) is 84.4 Å². The molecule has 1 atom stereocenters. The molecule has 1 aromatic heterocycles. The van der Waals surface area contributed by atoms with E-state index in [4.69, 9.17) is 0 Å². The molecule has 0 saturated heterocycles. The lowest BCUT2D eigenvalue weighted by Crippen LogP contribution is -2.28. The Hall–Kier alpha value is -4.67. The van der Waals surface area contributed by atoms with Crippen LogP contribution in [-0.4, -0.2) is 15.6 Å². The van der Waals surface area contributed by atoms with E-state index in [1.165, 1.54) is 10.5 Å². The van der Waals surface area contributed by atoms with Crippen LogP contribution in [0.3, 0.4) is 0 Å². The molecule has 6 aromatic rings. The maximum atomic E-state index is 13.8. The summed E-state index contributed by atoms with van der Waals surface area (Å²) in [6.45, 7) is 2.09. The standard InChI is InChI=1S/C33H24N2O2/c1-21-18-19-29-26(20-21)24-13-6-8-16-28(24)34(29)30-17-9-14-25-31(30)33(37)35(32(25)36)27-15-7-5-12-23(27)22-10-3-2-4-11-22/h2-20,33,37H,1H3. The van der Waals surface area contributed by atoms with Gasteiger partial charge in [0, 0.05) is 27.5 Å². The van der Waals surface area contributed by atoms with Crippen LogP contribution in [0.25, 0.3) is 38.6 Å². The number of nitrogens with zero attached hydrogens (tertiary/aromatic N) is 2. The van der Waals surface area contributed by atoms with E-state index in [1.54, 1.807) is 0 Å². The molecular formula is C33H24N2O2. The average Bonchev–Trinajstić information content (AvgIpc) is 3.40. The Bertz CT molecular complexity index is 1830. The Morgan fingerprint density at radius 2 is 1.32 bits per heavy atom. The third kappa shape index (κ3) is 3.16. The van der Waals surface area contributed by atoms with Crippen molar-refractivity contribution in [3.63, 3.8) is 0 Å². The van der Waals surface area contributed by atoms with E-state index in [-0.39, 0.29) is 5.91 Å². The highest BCUT2D eigenvalue weighted by atomic mass is 16.3. The molecule has 0 fully saturated rings. The molecule has 0 saturated carbocycles. The first-order valence-electron chi connectivity index (χ1n) is 12.4. The normalized spacial score (nSPS) is 15.0. The van der Waals surface area contributed by atoms with Gasteiger partial charge in [0.25, 0.3) is 5.91 Å². The molecule has 37 heavy (non-hydrogen) atoms. The molecular weight excluding hydrogens is 456 g/mol. The van der Waals surface area contributed by atoms with E-state index in [1.807, 2.05) is 84.9 Å².